The molecule has 0 unspecified atom stereocenters. The third-order valence-corrected chi connectivity index (χ3v) is 2.19. The fourth-order valence-corrected chi connectivity index (χ4v) is 1.51. The molecule has 19 heavy (non-hydrogen) atoms. The number of hydrogen-bond donors (Lipinski definition) is 2. The molecule has 1 rings (SSSR count). The minimum absolute atomic E-state index is 0.0192. The molecule has 1 aromatic rings. The Bertz CT molecular complexity index is 451. The van der Waals surface area contributed by atoms with Crippen molar-refractivity contribution in [1.82, 2.24) is 20.4 Å². The molecule has 0 atom stereocenters. The molecule has 1 heterocycles. The number of nitrogens with one attached hydrogen (secondary N) is 2. The number of hydrazine groups is 1. The average Bonchev–Trinajstić information content (AvgIpc) is 2.23. The third-order valence-electron chi connectivity index (χ3n) is 2.02. The second-order valence-electron chi connectivity index (χ2n) is 4.66. The highest BCUT2D eigenvalue weighted by Gasteiger charge is 2.17. The Hall–Kier alpha value is -1.63. The summed E-state index contributed by atoms with van der Waals surface area (Å²) in [5.41, 5.74) is 2.66. The standard InChI is InChI=1S/C11H19ClN6O/c1-6(2)13-10-14-9(12)15-11(16-10)18(7(3)4)17-8(5)19/h6-7H,1-5H3,(H,17,19)(H,13,14,15,16). The van der Waals surface area contributed by atoms with Crippen molar-refractivity contribution in [3.63, 3.8) is 0 Å². The Labute approximate surface area is 117 Å². The molecule has 106 valence electrons. The van der Waals surface area contributed by atoms with Gasteiger partial charge >= 0.3 is 0 Å². The van der Waals surface area contributed by atoms with Crippen molar-refractivity contribution >= 4 is 29.4 Å². The topological polar surface area (TPSA) is 83.0 Å². The zero-order valence-corrected chi connectivity index (χ0v) is 12.5. The number of anilines is 2. The molecule has 0 saturated heterocycles. The summed E-state index contributed by atoms with van der Waals surface area (Å²) in [5.74, 6) is 0.470. The van der Waals surface area contributed by atoms with Crippen LogP contribution < -0.4 is 15.8 Å². The van der Waals surface area contributed by atoms with Crippen molar-refractivity contribution in [3.05, 3.63) is 5.28 Å². The van der Waals surface area contributed by atoms with E-state index in [-0.39, 0.29) is 23.3 Å². The van der Waals surface area contributed by atoms with Crippen LogP contribution in [0.3, 0.4) is 0 Å². The van der Waals surface area contributed by atoms with Gasteiger partial charge in [-0.1, -0.05) is 0 Å². The van der Waals surface area contributed by atoms with Crippen LogP contribution in [0.5, 0.6) is 0 Å². The van der Waals surface area contributed by atoms with Crippen LogP contribution >= 0.6 is 11.6 Å². The number of halogens is 1. The Kier molecular flexibility index (Phi) is 5.29. The minimum Gasteiger partial charge on any atom is -0.352 e. The van der Waals surface area contributed by atoms with Crippen LogP contribution in [0.1, 0.15) is 34.6 Å². The van der Waals surface area contributed by atoms with E-state index in [4.69, 9.17) is 11.6 Å². The van der Waals surface area contributed by atoms with Crippen molar-refractivity contribution in [3.8, 4) is 0 Å². The monoisotopic (exact) mass is 286 g/mol. The van der Waals surface area contributed by atoms with E-state index >= 15 is 0 Å². The lowest BCUT2D eigenvalue weighted by molar-refractivity contribution is -0.119. The fourth-order valence-electron chi connectivity index (χ4n) is 1.35. The van der Waals surface area contributed by atoms with E-state index in [1.807, 2.05) is 27.7 Å². The van der Waals surface area contributed by atoms with Crippen LogP contribution in [0.2, 0.25) is 5.28 Å². The molecule has 0 fully saturated rings. The van der Waals surface area contributed by atoms with E-state index in [2.05, 4.69) is 25.7 Å². The molecule has 8 heteroatoms. The van der Waals surface area contributed by atoms with Gasteiger partial charge in [0.2, 0.25) is 17.1 Å². The smallest absolute Gasteiger partial charge is 0.250 e. The van der Waals surface area contributed by atoms with Gasteiger partial charge in [-0.05, 0) is 39.3 Å². The van der Waals surface area contributed by atoms with Crippen LogP contribution in [0.15, 0.2) is 0 Å². The third kappa shape index (κ3) is 4.86. The van der Waals surface area contributed by atoms with Gasteiger partial charge in [-0.25, -0.2) is 5.01 Å². The van der Waals surface area contributed by atoms with Crippen LogP contribution in [0, 0.1) is 0 Å². The summed E-state index contributed by atoms with van der Waals surface area (Å²) in [6, 6.07) is 0.147. The Morgan fingerprint density at radius 3 is 2.32 bits per heavy atom. The van der Waals surface area contributed by atoms with Crippen LogP contribution in [0.4, 0.5) is 11.9 Å². The number of aromatic nitrogens is 3. The molecule has 1 aromatic heterocycles. The molecule has 0 spiro atoms. The van der Waals surface area contributed by atoms with E-state index in [1.165, 1.54) is 6.92 Å². The molecule has 1 amide bonds. The first-order chi connectivity index (χ1) is 8.79. The second kappa shape index (κ2) is 6.51. The molecular formula is C11H19ClN6O. The Morgan fingerprint density at radius 2 is 1.84 bits per heavy atom. The normalized spacial score (nSPS) is 10.7. The summed E-state index contributed by atoms with van der Waals surface area (Å²) in [4.78, 5) is 23.5. The number of carbonyl (C=O) groups is 1. The molecule has 0 radical (unpaired) electrons. The van der Waals surface area contributed by atoms with E-state index in [0.29, 0.717) is 11.9 Å². The SMILES string of the molecule is CC(=O)NN(c1nc(Cl)nc(NC(C)C)n1)C(C)C. The van der Waals surface area contributed by atoms with E-state index in [9.17, 15) is 4.79 Å². The number of hydrogen-bond acceptors (Lipinski definition) is 6. The second-order valence-corrected chi connectivity index (χ2v) is 5.00. The number of carbonyl (C=O) groups excluding carboxylic acids is 1. The van der Waals surface area contributed by atoms with Gasteiger partial charge in [0, 0.05) is 19.0 Å². The van der Waals surface area contributed by atoms with E-state index in [1.54, 1.807) is 5.01 Å². The first-order valence-electron chi connectivity index (χ1n) is 6.04. The molecule has 0 aliphatic heterocycles. The van der Waals surface area contributed by atoms with Gasteiger partial charge in [0.25, 0.3) is 5.95 Å². The molecule has 0 aliphatic rings. The molecule has 0 aromatic carbocycles. The molecule has 2 N–H and O–H groups in total. The van der Waals surface area contributed by atoms with Gasteiger partial charge in [-0.3, -0.25) is 10.2 Å². The van der Waals surface area contributed by atoms with Crippen molar-refractivity contribution in [2.45, 2.75) is 46.7 Å². The van der Waals surface area contributed by atoms with Gasteiger partial charge in [-0.2, -0.15) is 15.0 Å². The maximum absolute atomic E-state index is 11.2. The highest BCUT2D eigenvalue weighted by Crippen LogP contribution is 2.15. The summed E-state index contributed by atoms with van der Waals surface area (Å²) in [5, 5.41) is 4.66. The lowest BCUT2D eigenvalue weighted by atomic mass is 10.4. The highest BCUT2D eigenvalue weighted by molar-refractivity contribution is 6.28. The molecule has 7 nitrogen and oxygen atoms in total. The van der Waals surface area contributed by atoms with Crippen LogP contribution in [0.25, 0.3) is 0 Å². The number of nitrogens with zero attached hydrogens (tertiary/aromatic N) is 4. The lowest BCUT2D eigenvalue weighted by Crippen LogP contribution is -2.46. The van der Waals surface area contributed by atoms with E-state index < -0.39 is 0 Å². The van der Waals surface area contributed by atoms with Crippen molar-refractivity contribution in [2.24, 2.45) is 0 Å². The lowest BCUT2D eigenvalue weighted by Gasteiger charge is -2.26. The quantitative estimate of drug-likeness (QED) is 0.800. The summed E-state index contributed by atoms with van der Waals surface area (Å²) >= 11 is 5.88. The first kappa shape index (κ1) is 15.4. The zero-order chi connectivity index (χ0) is 14.6. The highest BCUT2D eigenvalue weighted by atomic mass is 35.5. The van der Waals surface area contributed by atoms with Crippen LogP contribution in [-0.4, -0.2) is 32.9 Å². The minimum atomic E-state index is -0.205. The summed E-state index contributed by atoms with van der Waals surface area (Å²) in [6.07, 6.45) is 0. The predicted molar refractivity (Wildman–Crippen MR) is 75.0 cm³/mol. The first-order valence-corrected chi connectivity index (χ1v) is 6.42. The van der Waals surface area contributed by atoms with Gasteiger partial charge in [0.1, 0.15) is 0 Å². The molecule has 0 bridgehead atoms. The maximum Gasteiger partial charge on any atom is 0.250 e. The van der Waals surface area contributed by atoms with Gasteiger partial charge in [0.05, 0.1) is 0 Å². The Balaban J connectivity index is 3.08. The summed E-state index contributed by atoms with van der Waals surface area (Å²) in [7, 11) is 0. The fraction of sp³-hybridized carbons (Fsp3) is 0.636. The van der Waals surface area contributed by atoms with Crippen LogP contribution in [-0.2, 0) is 4.79 Å². The zero-order valence-electron chi connectivity index (χ0n) is 11.7. The largest absolute Gasteiger partial charge is 0.352 e. The summed E-state index contributed by atoms with van der Waals surface area (Å²) in [6.45, 7) is 9.16. The van der Waals surface area contributed by atoms with E-state index in [0.717, 1.165) is 0 Å². The number of amides is 1. The van der Waals surface area contributed by atoms with Gasteiger partial charge in [-0.15, -0.1) is 0 Å². The van der Waals surface area contributed by atoms with Crippen molar-refractivity contribution < 1.29 is 4.79 Å². The average molecular weight is 287 g/mol. The predicted octanol–water partition coefficient (Wildman–Crippen LogP) is 1.61. The van der Waals surface area contributed by atoms with Gasteiger partial charge in [0.15, 0.2) is 0 Å². The maximum atomic E-state index is 11.2. The molecule has 0 aliphatic carbocycles. The Morgan fingerprint density at radius 1 is 1.21 bits per heavy atom. The van der Waals surface area contributed by atoms with Crippen molar-refractivity contribution in [1.29, 1.82) is 0 Å². The number of rotatable bonds is 5. The molecular weight excluding hydrogens is 268 g/mol. The van der Waals surface area contributed by atoms with Gasteiger partial charge < -0.3 is 5.32 Å². The summed E-state index contributed by atoms with van der Waals surface area (Å²) < 4.78 is 0. The van der Waals surface area contributed by atoms with Crippen molar-refractivity contribution in [2.75, 3.05) is 10.3 Å². The molecule has 0 saturated carbocycles.